The summed E-state index contributed by atoms with van der Waals surface area (Å²) < 4.78 is 11.0. The van der Waals surface area contributed by atoms with Gasteiger partial charge in [-0.1, -0.05) is 44.2 Å². The molecule has 12 nitrogen and oxygen atoms in total. The fourth-order valence-corrected chi connectivity index (χ4v) is 4.71. The maximum atomic E-state index is 13.1. The van der Waals surface area contributed by atoms with Crippen LogP contribution in [-0.2, 0) is 25.6 Å². The number of carboxylic acid groups (broad SMARTS) is 1. The SMILES string of the molecule is Cc1ccccc1OCC(=O)NC(CC(C)C)C(=O)N[C@@H](Cc1ccc(OC(=O)N2CCC(C(N)=O)CC2)cc1)C(=O)O. The molecular formula is C31H40N4O8. The van der Waals surface area contributed by atoms with E-state index in [2.05, 4.69) is 10.6 Å². The molecule has 1 aliphatic rings. The number of carboxylic acids is 1. The molecule has 4 amide bonds. The second-order valence-corrected chi connectivity index (χ2v) is 11.1. The fourth-order valence-electron chi connectivity index (χ4n) is 4.71. The minimum absolute atomic E-state index is 0.0331. The van der Waals surface area contributed by atoms with E-state index in [9.17, 15) is 29.1 Å². The van der Waals surface area contributed by atoms with Gasteiger partial charge in [-0.05, 0) is 61.4 Å². The molecule has 3 rings (SSSR count). The van der Waals surface area contributed by atoms with Gasteiger partial charge in [0.2, 0.25) is 11.8 Å². The van der Waals surface area contributed by atoms with Crippen molar-refractivity contribution in [2.24, 2.45) is 17.6 Å². The lowest BCUT2D eigenvalue weighted by molar-refractivity contribution is -0.142. The van der Waals surface area contributed by atoms with Crippen molar-refractivity contribution in [2.45, 2.75) is 58.5 Å². The molecule has 0 saturated carbocycles. The molecule has 232 valence electrons. The van der Waals surface area contributed by atoms with Gasteiger partial charge in [-0.3, -0.25) is 14.4 Å². The van der Waals surface area contributed by atoms with Crippen molar-refractivity contribution in [3.63, 3.8) is 0 Å². The van der Waals surface area contributed by atoms with E-state index in [0.29, 0.717) is 43.7 Å². The summed E-state index contributed by atoms with van der Waals surface area (Å²) in [5, 5.41) is 15.0. The van der Waals surface area contributed by atoms with Crippen LogP contribution in [0.25, 0.3) is 0 Å². The van der Waals surface area contributed by atoms with Crippen LogP contribution in [0.4, 0.5) is 4.79 Å². The second kappa shape index (κ2) is 15.6. The smallest absolute Gasteiger partial charge is 0.415 e. The summed E-state index contributed by atoms with van der Waals surface area (Å²) in [6.45, 7) is 6.07. The molecule has 1 aliphatic heterocycles. The normalized spacial score (nSPS) is 14.8. The third-order valence-corrected chi connectivity index (χ3v) is 7.15. The Morgan fingerprint density at radius 3 is 2.21 bits per heavy atom. The van der Waals surface area contributed by atoms with Crippen molar-refractivity contribution in [1.82, 2.24) is 15.5 Å². The number of likely N-dealkylation sites (tertiary alicyclic amines) is 1. The van der Waals surface area contributed by atoms with Gasteiger partial charge in [0, 0.05) is 25.4 Å². The molecule has 5 N–H and O–H groups in total. The van der Waals surface area contributed by atoms with Gasteiger partial charge in [-0.2, -0.15) is 0 Å². The second-order valence-electron chi connectivity index (χ2n) is 11.1. The summed E-state index contributed by atoms with van der Waals surface area (Å²) in [4.78, 5) is 63.1. The number of para-hydroxylation sites is 1. The van der Waals surface area contributed by atoms with Crippen molar-refractivity contribution >= 4 is 29.8 Å². The Hall–Kier alpha value is -4.61. The molecule has 2 aromatic carbocycles. The number of piperidine rings is 1. The van der Waals surface area contributed by atoms with E-state index in [0.717, 1.165) is 5.56 Å². The number of nitrogens with two attached hydrogens (primary N) is 1. The summed E-state index contributed by atoms with van der Waals surface area (Å²) in [6.07, 6.45) is 0.681. The van der Waals surface area contributed by atoms with Crippen LogP contribution in [0.3, 0.4) is 0 Å². The molecule has 1 fully saturated rings. The number of ether oxygens (including phenoxy) is 2. The zero-order valence-corrected chi connectivity index (χ0v) is 24.7. The van der Waals surface area contributed by atoms with Gasteiger partial charge < -0.3 is 35.8 Å². The summed E-state index contributed by atoms with van der Waals surface area (Å²) in [6, 6.07) is 11.3. The largest absolute Gasteiger partial charge is 0.484 e. The topological polar surface area (TPSA) is 177 Å². The van der Waals surface area contributed by atoms with Gasteiger partial charge in [0.25, 0.3) is 5.91 Å². The van der Waals surface area contributed by atoms with E-state index < -0.39 is 36.0 Å². The average molecular weight is 597 g/mol. The molecule has 1 saturated heterocycles. The van der Waals surface area contributed by atoms with Gasteiger partial charge in [-0.15, -0.1) is 0 Å². The van der Waals surface area contributed by atoms with Crippen LogP contribution in [0.15, 0.2) is 48.5 Å². The summed E-state index contributed by atoms with van der Waals surface area (Å²) in [5.74, 6) is -2.10. The molecule has 43 heavy (non-hydrogen) atoms. The highest BCUT2D eigenvalue weighted by atomic mass is 16.6. The molecule has 12 heteroatoms. The van der Waals surface area contributed by atoms with Crippen LogP contribution in [0.2, 0.25) is 0 Å². The van der Waals surface area contributed by atoms with E-state index in [1.165, 1.54) is 4.90 Å². The maximum absolute atomic E-state index is 13.1. The molecule has 1 unspecified atom stereocenters. The maximum Gasteiger partial charge on any atom is 0.415 e. The van der Waals surface area contributed by atoms with Crippen molar-refractivity contribution in [3.8, 4) is 11.5 Å². The van der Waals surface area contributed by atoms with Gasteiger partial charge in [0.1, 0.15) is 23.6 Å². The first-order chi connectivity index (χ1) is 20.4. The van der Waals surface area contributed by atoms with E-state index in [4.69, 9.17) is 15.2 Å². The van der Waals surface area contributed by atoms with Crippen molar-refractivity contribution in [2.75, 3.05) is 19.7 Å². The predicted molar refractivity (Wildman–Crippen MR) is 157 cm³/mol. The lowest BCUT2D eigenvalue weighted by Crippen LogP contribution is -2.53. The molecule has 1 heterocycles. The number of benzene rings is 2. The van der Waals surface area contributed by atoms with Crippen LogP contribution in [0.5, 0.6) is 11.5 Å². The molecule has 0 bridgehead atoms. The number of carbonyl (C=O) groups excluding carboxylic acids is 4. The van der Waals surface area contributed by atoms with Crippen molar-refractivity contribution in [3.05, 3.63) is 59.7 Å². The number of nitrogens with one attached hydrogen (secondary N) is 2. The zero-order chi connectivity index (χ0) is 31.5. The minimum atomic E-state index is -1.26. The van der Waals surface area contributed by atoms with Crippen LogP contribution in [0.1, 0.15) is 44.2 Å². The summed E-state index contributed by atoms with van der Waals surface area (Å²) >= 11 is 0. The lowest BCUT2D eigenvalue weighted by atomic mass is 9.97. The number of amides is 4. The Morgan fingerprint density at radius 1 is 0.977 bits per heavy atom. The Balaban J connectivity index is 1.55. The first kappa shape index (κ1) is 32.9. The first-order valence-corrected chi connectivity index (χ1v) is 14.3. The standard InChI is InChI=1S/C31H40N4O8/c1-19(2)16-24(33-27(36)18-42-26-7-5-4-6-20(26)3)29(38)34-25(30(39)40)17-21-8-10-23(11-9-21)43-31(41)35-14-12-22(13-15-35)28(32)37/h4-11,19,22,24-25H,12-18H2,1-3H3,(H2,32,37)(H,33,36)(H,34,38)(H,39,40)/t24?,25-/m0/s1. The number of aliphatic carboxylic acids is 1. The van der Waals surface area contributed by atoms with E-state index in [1.54, 1.807) is 36.4 Å². The Bertz CT molecular complexity index is 1290. The molecule has 0 aliphatic carbocycles. The number of rotatable bonds is 13. The third-order valence-electron chi connectivity index (χ3n) is 7.15. The van der Waals surface area contributed by atoms with Gasteiger partial charge >= 0.3 is 12.1 Å². The average Bonchev–Trinajstić information content (AvgIpc) is 2.96. The highest BCUT2D eigenvalue weighted by Gasteiger charge is 2.29. The highest BCUT2D eigenvalue weighted by Crippen LogP contribution is 2.20. The van der Waals surface area contributed by atoms with E-state index in [1.807, 2.05) is 32.9 Å². The molecule has 2 atom stereocenters. The quantitative estimate of drug-likeness (QED) is 0.272. The van der Waals surface area contributed by atoms with Crippen LogP contribution < -0.4 is 25.8 Å². The lowest BCUT2D eigenvalue weighted by Gasteiger charge is -2.29. The molecule has 0 spiro atoms. The van der Waals surface area contributed by atoms with Crippen LogP contribution >= 0.6 is 0 Å². The van der Waals surface area contributed by atoms with Crippen LogP contribution in [0, 0.1) is 18.8 Å². The molecular weight excluding hydrogens is 556 g/mol. The fraction of sp³-hybridized carbons (Fsp3) is 0.452. The molecule has 0 radical (unpaired) electrons. The van der Waals surface area contributed by atoms with Gasteiger partial charge in [0.05, 0.1) is 0 Å². The minimum Gasteiger partial charge on any atom is -0.484 e. The Morgan fingerprint density at radius 2 is 1.63 bits per heavy atom. The Kier molecular flexibility index (Phi) is 11.9. The predicted octanol–water partition coefficient (Wildman–Crippen LogP) is 2.41. The zero-order valence-electron chi connectivity index (χ0n) is 24.7. The molecule has 0 aromatic heterocycles. The molecule has 2 aromatic rings. The number of primary amides is 1. The number of aryl methyl sites for hydroxylation is 1. The van der Waals surface area contributed by atoms with Crippen molar-refractivity contribution < 1.29 is 38.6 Å². The highest BCUT2D eigenvalue weighted by molar-refractivity contribution is 5.90. The number of hydrogen-bond acceptors (Lipinski definition) is 7. The monoisotopic (exact) mass is 596 g/mol. The van der Waals surface area contributed by atoms with Crippen molar-refractivity contribution in [1.29, 1.82) is 0 Å². The number of nitrogens with zero attached hydrogens (tertiary/aromatic N) is 1. The number of carbonyl (C=O) groups is 5. The summed E-state index contributed by atoms with van der Waals surface area (Å²) in [7, 11) is 0. The Labute approximate surface area is 250 Å². The van der Waals surface area contributed by atoms with E-state index in [-0.39, 0.29) is 36.5 Å². The number of hydrogen-bond donors (Lipinski definition) is 4. The third kappa shape index (κ3) is 10.3. The first-order valence-electron chi connectivity index (χ1n) is 14.3. The van der Waals surface area contributed by atoms with E-state index >= 15 is 0 Å². The van der Waals surface area contributed by atoms with Gasteiger partial charge in [-0.25, -0.2) is 9.59 Å². The van der Waals surface area contributed by atoms with Gasteiger partial charge in [0.15, 0.2) is 6.61 Å². The van der Waals surface area contributed by atoms with Crippen LogP contribution in [-0.4, -0.2) is 71.6 Å². The summed E-state index contributed by atoms with van der Waals surface area (Å²) in [5.41, 5.74) is 6.79.